The maximum Gasteiger partial charge on any atom is 0.127 e. The number of aliphatic hydroxyl groups excluding tert-OH is 1. The van der Waals surface area contributed by atoms with E-state index in [2.05, 4.69) is 18.7 Å². The SMILES string of the molecule is CCN(CCO)CC1(C=O)CCCC(C)C1. The van der Waals surface area contributed by atoms with Crippen LogP contribution in [0.25, 0.3) is 0 Å². The van der Waals surface area contributed by atoms with Crippen molar-refractivity contribution in [1.29, 1.82) is 0 Å². The summed E-state index contributed by atoms with van der Waals surface area (Å²) in [6.07, 6.45) is 5.61. The van der Waals surface area contributed by atoms with Crippen molar-refractivity contribution in [1.82, 2.24) is 4.90 Å². The number of rotatable bonds is 6. The molecule has 1 fully saturated rings. The van der Waals surface area contributed by atoms with Gasteiger partial charge in [0.2, 0.25) is 0 Å². The molecule has 0 aromatic heterocycles. The Morgan fingerprint density at radius 3 is 2.81 bits per heavy atom. The number of carbonyl (C=O) groups excluding carboxylic acids is 1. The van der Waals surface area contributed by atoms with Crippen molar-refractivity contribution in [3.05, 3.63) is 0 Å². The van der Waals surface area contributed by atoms with E-state index in [4.69, 9.17) is 5.11 Å². The molecule has 1 rings (SSSR count). The third kappa shape index (κ3) is 3.56. The predicted molar refractivity (Wildman–Crippen MR) is 65.3 cm³/mol. The number of carbonyl (C=O) groups is 1. The van der Waals surface area contributed by atoms with Gasteiger partial charge in [-0.1, -0.05) is 26.7 Å². The second kappa shape index (κ2) is 6.36. The second-order valence-corrected chi connectivity index (χ2v) is 5.27. The number of nitrogens with zero attached hydrogens (tertiary/aromatic N) is 1. The van der Waals surface area contributed by atoms with Gasteiger partial charge in [-0.05, 0) is 25.3 Å². The van der Waals surface area contributed by atoms with Gasteiger partial charge in [0.1, 0.15) is 6.29 Å². The summed E-state index contributed by atoms with van der Waals surface area (Å²) in [7, 11) is 0. The molecule has 2 unspecified atom stereocenters. The topological polar surface area (TPSA) is 40.5 Å². The van der Waals surface area contributed by atoms with Crippen LogP contribution >= 0.6 is 0 Å². The van der Waals surface area contributed by atoms with E-state index in [1.165, 1.54) is 12.7 Å². The Bertz CT molecular complexity index is 220. The molecule has 0 amide bonds. The van der Waals surface area contributed by atoms with Crippen molar-refractivity contribution >= 4 is 6.29 Å². The minimum atomic E-state index is -0.150. The predicted octanol–water partition coefficient (Wildman–Crippen LogP) is 1.70. The Kier molecular flexibility index (Phi) is 5.42. The normalized spacial score (nSPS) is 30.6. The molecular weight excluding hydrogens is 202 g/mol. The summed E-state index contributed by atoms with van der Waals surface area (Å²) in [5, 5.41) is 8.98. The van der Waals surface area contributed by atoms with Crippen LogP contribution in [0.15, 0.2) is 0 Å². The fourth-order valence-electron chi connectivity index (χ4n) is 2.92. The van der Waals surface area contributed by atoms with E-state index in [-0.39, 0.29) is 12.0 Å². The van der Waals surface area contributed by atoms with Crippen LogP contribution in [0.1, 0.15) is 39.5 Å². The molecule has 0 aromatic carbocycles. The summed E-state index contributed by atoms with van der Waals surface area (Å²) in [6, 6.07) is 0. The van der Waals surface area contributed by atoms with Crippen LogP contribution in [0.4, 0.5) is 0 Å². The van der Waals surface area contributed by atoms with E-state index in [0.717, 1.165) is 32.4 Å². The summed E-state index contributed by atoms with van der Waals surface area (Å²) in [5.41, 5.74) is -0.150. The number of hydrogen-bond acceptors (Lipinski definition) is 3. The maximum atomic E-state index is 11.4. The van der Waals surface area contributed by atoms with E-state index in [9.17, 15) is 4.79 Å². The molecule has 0 bridgehead atoms. The molecule has 0 heterocycles. The number of aldehydes is 1. The smallest absolute Gasteiger partial charge is 0.127 e. The lowest BCUT2D eigenvalue weighted by Crippen LogP contribution is -2.42. The Morgan fingerprint density at radius 1 is 1.56 bits per heavy atom. The van der Waals surface area contributed by atoms with Gasteiger partial charge in [-0.15, -0.1) is 0 Å². The molecule has 0 aliphatic heterocycles. The average molecular weight is 227 g/mol. The summed E-state index contributed by atoms with van der Waals surface area (Å²) in [6.45, 7) is 6.90. The maximum absolute atomic E-state index is 11.4. The highest BCUT2D eigenvalue weighted by Gasteiger charge is 2.35. The lowest BCUT2D eigenvalue weighted by Gasteiger charge is -2.39. The van der Waals surface area contributed by atoms with Gasteiger partial charge in [-0.25, -0.2) is 0 Å². The molecule has 0 spiro atoms. The molecule has 0 radical (unpaired) electrons. The van der Waals surface area contributed by atoms with Gasteiger partial charge in [-0.2, -0.15) is 0 Å². The van der Waals surface area contributed by atoms with Gasteiger partial charge in [0, 0.05) is 18.5 Å². The third-order valence-corrected chi connectivity index (χ3v) is 3.78. The number of likely N-dealkylation sites (N-methyl/N-ethyl adjacent to an activating group) is 1. The van der Waals surface area contributed by atoms with Crippen LogP contribution in [0.2, 0.25) is 0 Å². The van der Waals surface area contributed by atoms with Crippen molar-refractivity contribution in [2.75, 3.05) is 26.2 Å². The van der Waals surface area contributed by atoms with E-state index in [1.807, 2.05) is 0 Å². The Hall–Kier alpha value is -0.410. The van der Waals surface area contributed by atoms with Crippen molar-refractivity contribution in [3.8, 4) is 0 Å². The molecule has 0 saturated heterocycles. The second-order valence-electron chi connectivity index (χ2n) is 5.27. The third-order valence-electron chi connectivity index (χ3n) is 3.78. The molecule has 94 valence electrons. The highest BCUT2D eigenvalue weighted by molar-refractivity contribution is 5.60. The van der Waals surface area contributed by atoms with Crippen LogP contribution in [0, 0.1) is 11.3 Å². The molecule has 1 aliphatic carbocycles. The summed E-state index contributed by atoms with van der Waals surface area (Å²) in [5.74, 6) is 0.659. The van der Waals surface area contributed by atoms with Crippen LogP contribution in [-0.4, -0.2) is 42.5 Å². The minimum absolute atomic E-state index is 0.150. The lowest BCUT2D eigenvalue weighted by molar-refractivity contribution is -0.120. The molecule has 3 nitrogen and oxygen atoms in total. The van der Waals surface area contributed by atoms with Gasteiger partial charge < -0.3 is 14.8 Å². The van der Waals surface area contributed by atoms with Crippen LogP contribution in [0.5, 0.6) is 0 Å². The summed E-state index contributed by atoms with van der Waals surface area (Å²) < 4.78 is 0. The van der Waals surface area contributed by atoms with E-state index in [0.29, 0.717) is 12.5 Å². The first kappa shape index (κ1) is 13.7. The zero-order valence-corrected chi connectivity index (χ0v) is 10.6. The Labute approximate surface area is 98.8 Å². The quantitative estimate of drug-likeness (QED) is 0.702. The molecule has 3 heteroatoms. The van der Waals surface area contributed by atoms with Crippen molar-refractivity contribution in [2.24, 2.45) is 11.3 Å². The van der Waals surface area contributed by atoms with Crippen molar-refractivity contribution < 1.29 is 9.90 Å². The zero-order valence-electron chi connectivity index (χ0n) is 10.6. The van der Waals surface area contributed by atoms with Gasteiger partial charge in [0.15, 0.2) is 0 Å². The molecule has 16 heavy (non-hydrogen) atoms. The highest BCUT2D eigenvalue weighted by atomic mass is 16.3. The minimum Gasteiger partial charge on any atom is -0.395 e. The Morgan fingerprint density at radius 2 is 2.31 bits per heavy atom. The van der Waals surface area contributed by atoms with Gasteiger partial charge in [0.05, 0.1) is 6.61 Å². The first-order valence-corrected chi connectivity index (χ1v) is 6.45. The van der Waals surface area contributed by atoms with Crippen molar-refractivity contribution in [2.45, 2.75) is 39.5 Å². The molecule has 1 aliphatic rings. The molecular formula is C13H25NO2. The van der Waals surface area contributed by atoms with E-state index >= 15 is 0 Å². The monoisotopic (exact) mass is 227 g/mol. The molecule has 0 aromatic rings. The lowest BCUT2D eigenvalue weighted by atomic mass is 9.70. The fraction of sp³-hybridized carbons (Fsp3) is 0.923. The first-order chi connectivity index (χ1) is 7.65. The standard InChI is InChI=1S/C13H25NO2/c1-3-14(7-8-15)10-13(11-16)6-4-5-12(2)9-13/h11-12,15H,3-10H2,1-2H3. The van der Waals surface area contributed by atoms with Crippen molar-refractivity contribution in [3.63, 3.8) is 0 Å². The average Bonchev–Trinajstić information content (AvgIpc) is 2.28. The first-order valence-electron chi connectivity index (χ1n) is 6.45. The van der Waals surface area contributed by atoms with Gasteiger partial charge >= 0.3 is 0 Å². The fourth-order valence-corrected chi connectivity index (χ4v) is 2.92. The van der Waals surface area contributed by atoms with Crippen LogP contribution in [0.3, 0.4) is 0 Å². The Balaban J connectivity index is 2.60. The number of aliphatic hydroxyl groups is 1. The zero-order chi connectivity index (χ0) is 12.0. The molecule has 1 N–H and O–H groups in total. The highest BCUT2D eigenvalue weighted by Crippen LogP contribution is 2.38. The van der Waals surface area contributed by atoms with Crippen LogP contribution in [-0.2, 0) is 4.79 Å². The van der Waals surface area contributed by atoms with Crippen LogP contribution < -0.4 is 0 Å². The van der Waals surface area contributed by atoms with E-state index in [1.54, 1.807) is 0 Å². The van der Waals surface area contributed by atoms with Gasteiger partial charge in [0.25, 0.3) is 0 Å². The van der Waals surface area contributed by atoms with Gasteiger partial charge in [-0.3, -0.25) is 0 Å². The van der Waals surface area contributed by atoms with E-state index < -0.39 is 0 Å². The summed E-state index contributed by atoms with van der Waals surface area (Å²) >= 11 is 0. The molecule has 1 saturated carbocycles. The number of hydrogen-bond donors (Lipinski definition) is 1. The largest absolute Gasteiger partial charge is 0.395 e. The summed E-state index contributed by atoms with van der Waals surface area (Å²) in [4.78, 5) is 13.6. The molecule has 2 atom stereocenters.